The molecule has 1 aliphatic heterocycles. The second-order valence-corrected chi connectivity index (χ2v) is 8.09. The maximum atomic E-state index is 12.5. The van der Waals surface area contributed by atoms with E-state index in [0.29, 0.717) is 31.7 Å². The number of rotatable bonds is 3. The van der Waals surface area contributed by atoms with Gasteiger partial charge in [0, 0.05) is 43.9 Å². The lowest BCUT2D eigenvalue weighted by molar-refractivity contribution is -0.135. The first-order valence-electron chi connectivity index (χ1n) is 7.58. The first kappa shape index (κ1) is 17.5. The number of nitrogens with zero attached hydrogens (tertiary/aromatic N) is 2. The van der Waals surface area contributed by atoms with Gasteiger partial charge in [-0.3, -0.25) is 9.59 Å². The third kappa shape index (κ3) is 4.10. The number of hydrogen-bond acceptors (Lipinski definition) is 4. The number of carbonyl (C=O) groups excluding carboxylic acids is 2. The third-order valence-corrected chi connectivity index (χ3v) is 4.99. The van der Waals surface area contributed by atoms with E-state index in [4.69, 9.17) is 0 Å². The van der Waals surface area contributed by atoms with E-state index in [9.17, 15) is 18.0 Å². The molecule has 0 atom stereocenters. The van der Waals surface area contributed by atoms with Crippen LogP contribution in [0.25, 0.3) is 0 Å². The number of amides is 2. The molecule has 23 heavy (non-hydrogen) atoms. The Labute approximate surface area is 137 Å². The Hall–Kier alpha value is -1.89. The van der Waals surface area contributed by atoms with E-state index in [2.05, 4.69) is 0 Å². The van der Waals surface area contributed by atoms with Gasteiger partial charge in [-0.1, -0.05) is 19.9 Å². The first-order valence-corrected chi connectivity index (χ1v) is 9.47. The van der Waals surface area contributed by atoms with Crippen LogP contribution in [0, 0.1) is 5.92 Å². The summed E-state index contributed by atoms with van der Waals surface area (Å²) in [5.41, 5.74) is 0.358. The van der Waals surface area contributed by atoms with Gasteiger partial charge >= 0.3 is 0 Å². The maximum Gasteiger partial charge on any atom is 0.254 e. The Morgan fingerprint density at radius 2 is 1.61 bits per heavy atom. The van der Waals surface area contributed by atoms with Crippen molar-refractivity contribution in [3.05, 3.63) is 29.8 Å². The predicted molar refractivity (Wildman–Crippen MR) is 86.9 cm³/mol. The molecule has 0 radical (unpaired) electrons. The molecule has 0 saturated carbocycles. The molecule has 0 unspecified atom stereocenters. The molecule has 0 bridgehead atoms. The van der Waals surface area contributed by atoms with Crippen LogP contribution in [0.4, 0.5) is 0 Å². The summed E-state index contributed by atoms with van der Waals surface area (Å²) in [5, 5.41) is 0. The zero-order valence-electron chi connectivity index (χ0n) is 13.7. The molecule has 1 saturated heterocycles. The van der Waals surface area contributed by atoms with Crippen LogP contribution in [-0.2, 0) is 14.6 Å². The molecule has 7 heteroatoms. The number of hydrogen-bond donors (Lipinski definition) is 0. The van der Waals surface area contributed by atoms with E-state index in [1.165, 1.54) is 12.1 Å². The Bertz CT molecular complexity index is 705. The Morgan fingerprint density at radius 1 is 1.04 bits per heavy atom. The number of benzene rings is 1. The number of sulfone groups is 1. The molecule has 0 N–H and O–H groups in total. The highest BCUT2D eigenvalue weighted by Crippen LogP contribution is 2.15. The molecule has 0 spiro atoms. The van der Waals surface area contributed by atoms with Gasteiger partial charge in [-0.15, -0.1) is 0 Å². The lowest BCUT2D eigenvalue weighted by atomic mass is 10.1. The van der Waals surface area contributed by atoms with Gasteiger partial charge in [0.15, 0.2) is 9.84 Å². The highest BCUT2D eigenvalue weighted by Gasteiger charge is 2.26. The fourth-order valence-corrected chi connectivity index (χ4v) is 3.20. The third-order valence-electron chi connectivity index (χ3n) is 3.88. The van der Waals surface area contributed by atoms with Gasteiger partial charge in [-0.2, -0.15) is 0 Å². The first-order chi connectivity index (χ1) is 10.7. The van der Waals surface area contributed by atoms with Gasteiger partial charge < -0.3 is 9.80 Å². The molecule has 1 aromatic carbocycles. The van der Waals surface area contributed by atoms with Crippen molar-refractivity contribution in [1.82, 2.24) is 9.80 Å². The van der Waals surface area contributed by atoms with Crippen molar-refractivity contribution in [2.24, 2.45) is 5.92 Å². The van der Waals surface area contributed by atoms with Crippen molar-refractivity contribution in [3.63, 3.8) is 0 Å². The topological polar surface area (TPSA) is 74.8 Å². The van der Waals surface area contributed by atoms with Gasteiger partial charge in [-0.05, 0) is 18.2 Å². The zero-order valence-corrected chi connectivity index (χ0v) is 14.5. The standard InChI is InChI=1S/C16H22N2O4S/c1-12(2)15(19)17-7-9-18(10-8-17)16(20)13-5-4-6-14(11-13)23(3,21)22/h4-6,11-12H,7-10H2,1-3H3. The predicted octanol–water partition coefficient (Wildman–Crippen LogP) is 1.03. The summed E-state index contributed by atoms with van der Waals surface area (Å²) in [4.78, 5) is 28.0. The minimum Gasteiger partial charge on any atom is -0.339 e. The molecule has 1 fully saturated rings. The molecular formula is C16H22N2O4S. The van der Waals surface area contributed by atoms with Gasteiger partial charge in [0.05, 0.1) is 4.90 Å². The van der Waals surface area contributed by atoms with Crippen molar-refractivity contribution < 1.29 is 18.0 Å². The van der Waals surface area contributed by atoms with Crippen LogP contribution in [0.5, 0.6) is 0 Å². The van der Waals surface area contributed by atoms with E-state index < -0.39 is 9.84 Å². The molecule has 6 nitrogen and oxygen atoms in total. The summed E-state index contributed by atoms with van der Waals surface area (Å²) in [5.74, 6) is -0.160. The molecule has 1 heterocycles. The second-order valence-electron chi connectivity index (χ2n) is 6.07. The van der Waals surface area contributed by atoms with Crippen LogP contribution in [0.1, 0.15) is 24.2 Å². The van der Waals surface area contributed by atoms with Crippen LogP contribution < -0.4 is 0 Å². The fourth-order valence-electron chi connectivity index (χ4n) is 2.54. The largest absolute Gasteiger partial charge is 0.339 e. The smallest absolute Gasteiger partial charge is 0.254 e. The van der Waals surface area contributed by atoms with Crippen LogP contribution in [0.3, 0.4) is 0 Å². The Morgan fingerprint density at radius 3 is 2.13 bits per heavy atom. The van der Waals surface area contributed by atoms with Crippen molar-refractivity contribution in [3.8, 4) is 0 Å². The van der Waals surface area contributed by atoms with Crippen molar-refractivity contribution in [2.45, 2.75) is 18.7 Å². The van der Waals surface area contributed by atoms with Crippen molar-refractivity contribution >= 4 is 21.7 Å². The Kier molecular flexibility index (Phi) is 5.09. The quantitative estimate of drug-likeness (QED) is 0.825. The van der Waals surface area contributed by atoms with E-state index in [-0.39, 0.29) is 22.6 Å². The number of piperazine rings is 1. The van der Waals surface area contributed by atoms with Crippen molar-refractivity contribution in [2.75, 3.05) is 32.4 Å². The summed E-state index contributed by atoms with van der Waals surface area (Å²) in [7, 11) is -3.34. The zero-order chi connectivity index (χ0) is 17.2. The van der Waals surface area contributed by atoms with Crippen LogP contribution in [0.15, 0.2) is 29.2 Å². The van der Waals surface area contributed by atoms with Crippen molar-refractivity contribution in [1.29, 1.82) is 0 Å². The van der Waals surface area contributed by atoms with Crippen LogP contribution in [0.2, 0.25) is 0 Å². The summed E-state index contributed by atoms with van der Waals surface area (Å²) < 4.78 is 23.2. The minimum absolute atomic E-state index is 0.0521. The second kappa shape index (κ2) is 6.70. The maximum absolute atomic E-state index is 12.5. The van der Waals surface area contributed by atoms with E-state index in [1.807, 2.05) is 13.8 Å². The lowest BCUT2D eigenvalue weighted by Crippen LogP contribution is -2.51. The van der Waals surface area contributed by atoms with Gasteiger partial charge in [0.1, 0.15) is 0 Å². The molecule has 2 rings (SSSR count). The number of carbonyl (C=O) groups is 2. The Balaban J connectivity index is 2.07. The highest BCUT2D eigenvalue weighted by molar-refractivity contribution is 7.90. The highest BCUT2D eigenvalue weighted by atomic mass is 32.2. The minimum atomic E-state index is -3.34. The molecule has 1 aromatic rings. The van der Waals surface area contributed by atoms with Gasteiger partial charge in [0.25, 0.3) is 5.91 Å². The van der Waals surface area contributed by atoms with Gasteiger partial charge in [-0.25, -0.2) is 8.42 Å². The summed E-state index contributed by atoms with van der Waals surface area (Å²) in [6.45, 7) is 5.65. The van der Waals surface area contributed by atoms with E-state index in [1.54, 1.807) is 21.9 Å². The van der Waals surface area contributed by atoms with Gasteiger partial charge in [0.2, 0.25) is 5.91 Å². The van der Waals surface area contributed by atoms with E-state index in [0.717, 1.165) is 6.26 Å². The average molecular weight is 338 g/mol. The lowest BCUT2D eigenvalue weighted by Gasteiger charge is -2.35. The van der Waals surface area contributed by atoms with E-state index >= 15 is 0 Å². The summed E-state index contributed by atoms with van der Waals surface area (Å²) in [6, 6.07) is 6.07. The normalized spacial score (nSPS) is 15.8. The molecular weight excluding hydrogens is 316 g/mol. The molecule has 0 aliphatic carbocycles. The SMILES string of the molecule is CC(C)C(=O)N1CCN(C(=O)c2cccc(S(C)(=O)=O)c2)CC1. The summed E-state index contributed by atoms with van der Waals surface area (Å²) >= 11 is 0. The van der Waals surface area contributed by atoms with Crippen LogP contribution >= 0.6 is 0 Å². The molecule has 2 amide bonds. The van der Waals surface area contributed by atoms with Crippen LogP contribution in [-0.4, -0.2) is 62.5 Å². The molecule has 126 valence electrons. The average Bonchev–Trinajstić information content (AvgIpc) is 2.53. The molecule has 1 aliphatic rings. The fraction of sp³-hybridized carbons (Fsp3) is 0.500. The molecule has 0 aromatic heterocycles. The summed E-state index contributed by atoms with van der Waals surface area (Å²) in [6.07, 6.45) is 1.12. The monoisotopic (exact) mass is 338 g/mol.